The van der Waals surface area contributed by atoms with Crippen molar-refractivity contribution in [1.29, 1.82) is 0 Å². The van der Waals surface area contributed by atoms with Crippen molar-refractivity contribution in [3.8, 4) is 0 Å². The zero-order valence-corrected chi connectivity index (χ0v) is 11.7. The molecule has 18 heavy (non-hydrogen) atoms. The van der Waals surface area contributed by atoms with E-state index in [-0.39, 0.29) is 12.0 Å². The molecule has 104 valence electrons. The molecule has 0 bridgehead atoms. The number of nitrogens with one attached hydrogen (secondary N) is 1. The Morgan fingerprint density at radius 1 is 1.33 bits per heavy atom. The molecule has 0 aliphatic carbocycles. The summed E-state index contributed by atoms with van der Waals surface area (Å²) in [5, 5.41) is 3.38. The van der Waals surface area contributed by atoms with E-state index in [0.29, 0.717) is 5.92 Å². The molecule has 4 heteroatoms. The number of hydrogen-bond donors (Lipinski definition) is 1. The van der Waals surface area contributed by atoms with Crippen LogP contribution >= 0.6 is 0 Å². The first-order valence-corrected chi connectivity index (χ1v) is 7.26. The Morgan fingerprint density at radius 2 is 2.06 bits per heavy atom. The lowest BCUT2D eigenvalue weighted by Gasteiger charge is -2.27. The van der Waals surface area contributed by atoms with Crippen LogP contribution in [0.25, 0.3) is 0 Å². The number of nitrogens with zero attached hydrogens (tertiary/aromatic N) is 1. The van der Waals surface area contributed by atoms with Gasteiger partial charge >= 0.3 is 0 Å². The van der Waals surface area contributed by atoms with Gasteiger partial charge in [-0.15, -0.1) is 0 Å². The molecule has 0 radical (unpaired) electrons. The average molecular weight is 254 g/mol. The molecule has 2 atom stereocenters. The highest BCUT2D eigenvalue weighted by atomic mass is 16.5. The fourth-order valence-corrected chi connectivity index (χ4v) is 2.89. The molecule has 0 aromatic carbocycles. The molecule has 0 aromatic heterocycles. The van der Waals surface area contributed by atoms with Crippen molar-refractivity contribution < 1.29 is 9.53 Å². The Labute approximate surface area is 110 Å². The smallest absolute Gasteiger partial charge is 0.251 e. The minimum Gasteiger partial charge on any atom is -0.368 e. The fourth-order valence-electron chi connectivity index (χ4n) is 2.89. The van der Waals surface area contributed by atoms with Gasteiger partial charge in [0.1, 0.15) is 6.10 Å². The van der Waals surface area contributed by atoms with Crippen LogP contribution in [-0.2, 0) is 9.53 Å². The zero-order valence-electron chi connectivity index (χ0n) is 11.7. The Kier molecular flexibility index (Phi) is 5.01. The Morgan fingerprint density at radius 3 is 2.67 bits per heavy atom. The molecule has 0 aromatic rings. The Hall–Kier alpha value is -0.610. The van der Waals surface area contributed by atoms with Crippen LogP contribution in [0.3, 0.4) is 0 Å². The molecular weight excluding hydrogens is 228 g/mol. The van der Waals surface area contributed by atoms with Gasteiger partial charge in [-0.3, -0.25) is 4.79 Å². The topological polar surface area (TPSA) is 41.6 Å². The molecule has 4 nitrogen and oxygen atoms in total. The lowest BCUT2D eigenvalue weighted by atomic mass is 9.94. The number of likely N-dealkylation sites (N-methyl/N-ethyl adjacent to an activating group) is 1. The predicted molar refractivity (Wildman–Crippen MR) is 71.4 cm³/mol. The van der Waals surface area contributed by atoms with Crippen LogP contribution in [0.1, 0.15) is 32.6 Å². The quantitative estimate of drug-likeness (QED) is 0.821. The standard InChI is InChI=1S/C14H26N2O2/c1-11-6-10-18-13(11)14(17)16(2)9-5-12-3-7-15-8-4-12/h11-13,15H,3-10H2,1-2H3. The molecule has 2 rings (SSSR count). The van der Waals surface area contributed by atoms with Crippen LogP contribution in [0.4, 0.5) is 0 Å². The van der Waals surface area contributed by atoms with Crippen molar-refractivity contribution in [2.75, 3.05) is 33.3 Å². The van der Waals surface area contributed by atoms with Gasteiger partial charge in [0.25, 0.3) is 5.91 Å². The fraction of sp³-hybridized carbons (Fsp3) is 0.929. The maximum Gasteiger partial charge on any atom is 0.251 e. The van der Waals surface area contributed by atoms with E-state index >= 15 is 0 Å². The van der Waals surface area contributed by atoms with Gasteiger partial charge in [-0.2, -0.15) is 0 Å². The summed E-state index contributed by atoms with van der Waals surface area (Å²) in [5.74, 6) is 1.33. The van der Waals surface area contributed by atoms with E-state index in [9.17, 15) is 4.79 Å². The number of amides is 1. The Bertz CT molecular complexity index is 277. The summed E-state index contributed by atoms with van der Waals surface area (Å²) in [6, 6.07) is 0. The number of ether oxygens (including phenoxy) is 1. The van der Waals surface area contributed by atoms with Crippen LogP contribution < -0.4 is 5.32 Å². The highest BCUT2D eigenvalue weighted by Gasteiger charge is 2.32. The van der Waals surface area contributed by atoms with Crippen LogP contribution in [0.15, 0.2) is 0 Å². The second kappa shape index (κ2) is 6.53. The first kappa shape index (κ1) is 13.8. The summed E-state index contributed by atoms with van der Waals surface area (Å²) in [7, 11) is 1.91. The van der Waals surface area contributed by atoms with Gasteiger partial charge in [-0.05, 0) is 50.6 Å². The lowest BCUT2D eigenvalue weighted by molar-refractivity contribution is -0.141. The van der Waals surface area contributed by atoms with E-state index in [4.69, 9.17) is 4.74 Å². The first-order valence-electron chi connectivity index (χ1n) is 7.26. The number of carbonyl (C=O) groups excluding carboxylic acids is 1. The van der Waals surface area contributed by atoms with Gasteiger partial charge in [0.15, 0.2) is 0 Å². The lowest BCUT2D eigenvalue weighted by Crippen LogP contribution is -2.40. The molecule has 1 amide bonds. The molecular formula is C14H26N2O2. The largest absolute Gasteiger partial charge is 0.368 e. The van der Waals surface area contributed by atoms with Gasteiger partial charge in [0, 0.05) is 20.2 Å². The van der Waals surface area contributed by atoms with Gasteiger partial charge in [0.2, 0.25) is 0 Å². The summed E-state index contributed by atoms with van der Waals surface area (Å²) >= 11 is 0. The molecule has 2 fully saturated rings. The number of piperidine rings is 1. The first-order chi connectivity index (χ1) is 8.68. The van der Waals surface area contributed by atoms with E-state index in [2.05, 4.69) is 12.2 Å². The molecule has 0 saturated carbocycles. The van der Waals surface area contributed by atoms with Crippen molar-refractivity contribution in [2.45, 2.75) is 38.7 Å². The summed E-state index contributed by atoms with van der Waals surface area (Å²) in [5.41, 5.74) is 0. The summed E-state index contributed by atoms with van der Waals surface area (Å²) in [4.78, 5) is 14.1. The van der Waals surface area contributed by atoms with E-state index in [1.165, 1.54) is 12.8 Å². The minimum atomic E-state index is -0.192. The third-order valence-corrected chi connectivity index (χ3v) is 4.34. The van der Waals surface area contributed by atoms with Crippen LogP contribution in [0.5, 0.6) is 0 Å². The molecule has 2 aliphatic rings. The predicted octanol–water partition coefficient (Wildman–Crippen LogP) is 1.26. The SMILES string of the molecule is CC1CCOC1C(=O)N(C)CCC1CCNCC1. The third kappa shape index (κ3) is 3.45. The van der Waals surface area contributed by atoms with Crippen LogP contribution in [0.2, 0.25) is 0 Å². The second-order valence-electron chi connectivity index (χ2n) is 5.80. The van der Waals surface area contributed by atoms with E-state index in [0.717, 1.165) is 45.0 Å². The number of hydrogen-bond acceptors (Lipinski definition) is 3. The van der Waals surface area contributed by atoms with Crippen LogP contribution in [-0.4, -0.2) is 50.2 Å². The molecule has 2 unspecified atom stereocenters. The monoisotopic (exact) mass is 254 g/mol. The van der Waals surface area contributed by atoms with Gasteiger partial charge in [-0.1, -0.05) is 6.92 Å². The van der Waals surface area contributed by atoms with Crippen molar-refractivity contribution in [3.05, 3.63) is 0 Å². The van der Waals surface area contributed by atoms with E-state index < -0.39 is 0 Å². The maximum absolute atomic E-state index is 12.2. The highest BCUT2D eigenvalue weighted by Crippen LogP contribution is 2.22. The second-order valence-corrected chi connectivity index (χ2v) is 5.80. The molecule has 0 spiro atoms. The van der Waals surface area contributed by atoms with Crippen molar-refractivity contribution in [3.63, 3.8) is 0 Å². The molecule has 2 aliphatic heterocycles. The van der Waals surface area contributed by atoms with Crippen molar-refractivity contribution >= 4 is 5.91 Å². The summed E-state index contributed by atoms with van der Waals surface area (Å²) in [6.07, 6.45) is 4.45. The Balaban J connectivity index is 1.73. The minimum absolute atomic E-state index is 0.175. The highest BCUT2D eigenvalue weighted by molar-refractivity contribution is 5.81. The van der Waals surface area contributed by atoms with E-state index in [1.54, 1.807) is 0 Å². The summed E-state index contributed by atoms with van der Waals surface area (Å²) < 4.78 is 5.54. The zero-order chi connectivity index (χ0) is 13.0. The number of rotatable bonds is 4. The van der Waals surface area contributed by atoms with Crippen molar-refractivity contribution in [2.24, 2.45) is 11.8 Å². The summed E-state index contributed by atoms with van der Waals surface area (Å²) in [6.45, 7) is 5.97. The molecule has 2 saturated heterocycles. The van der Waals surface area contributed by atoms with Crippen LogP contribution in [0, 0.1) is 11.8 Å². The molecule has 2 heterocycles. The maximum atomic E-state index is 12.2. The normalized spacial score (nSPS) is 29.4. The van der Waals surface area contributed by atoms with Crippen molar-refractivity contribution in [1.82, 2.24) is 10.2 Å². The third-order valence-electron chi connectivity index (χ3n) is 4.34. The number of carbonyl (C=O) groups is 1. The van der Waals surface area contributed by atoms with Gasteiger partial charge < -0.3 is 15.0 Å². The van der Waals surface area contributed by atoms with E-state index in [1.807, 2.05) is 11.9 Å². The van der Waals surface area contributed by atoms with Gasteiger partial charge in [-0.25, -0.2) is 0 Å². The molecule has 1 N–H and O–H groups in total. The average Bonchev–Trinajstić information content (AvgIpc) is 2.82. The van der Waals surface area contributed by atoms with Gasteiger partial charge in [0.05, 0.1) is 0 Å².